The maximum atomic E-state index is 6.45. The van der Waals surface area contributed by atoms with Crippen molar-refractivity contribution in [2.24, 2.45) is 0 Å². The van der Waals surface area contributed by atoms with E-state index in [2.05, 4.69) is 204 Å². The molecule has 13 rings (SSSR count). The van der Waals surface area contributed by atoms with Crippen LogP contribution in [0.4, 0.5) is 17.1 Å². The third-order valence-corrected chi connectivity index (χ3v) is 12.6. The lowest BCUT2D eigenvalue weighted by Crippen LogP contribution is -2.09. The maximum absolute atomic E-state index is 6.45. The van der Waals surface area contributed by atoms with Crippen molar-refractivity contribution in [3.05, 3.63) is 218 Å². The molecule has 4 heteroatoms. The Bertz CT molecular complexity index is 3870. The van der Waals surface area contributed by atoms with Gasteiger partial charge in [0, 0.05) is 66.4 Å². The van der Waals surface area contributed by atoms with Crippen LogP contribution < -0.4 is 4.90 Å². The zero-order valence-corrected chi connectivity index (χ0v) is 33.5. The number of hydrogen-bond acceptors (Lipinski definition) is 3. The van der Waals surface area contributed by atoms with Crippen LogP contribution >= 0.6 is 0 Å². The summed E-state index contributed by atoms with van der Waals surface area (Å²) in [4.78, 5) is 2.32. The Morgan fingerprint density at radius 3 is 1.73 bits per heavy atom. The van der Waals surface area contributed by atoms with Crippen molar-refractivity contribution in [1.82, 2.24) is 4.57 Å². The topological polar surface area (TPSA) is 34.5 Å². The first-order valence-corrected chi connectivity index (χ1v) is 21.1. The van der Waals surface area contributed by atoms with Crippen molar-refractivity contribution >= 4 is 93.5 Å². The molecule has 62 heavy (non-hydrogen) atoms. The minimum atomic E-state index is 0.848. The number of hydrogen-bond donors (Lipinski definition) is 0. The number of rotatable bonds is 6. The maximum Gasteiger partial charge on any atom is 0.137 e. The standard InChI is InChI=1S/C58H36N2O2/c1-2-12-37(13-3-1)40-25-32-53(60-52-19-9-6-16-45(52)49-30-24-38-14-4-5-15-44(38)58(49)60)50(34-40)39-22-26-41(27-23-39)59(42-29-33-56-51(35-42)47-18-8-11-21-55(47)61-56)43-28-31-48-46-17-7-10-20-54(46)62-57(48)36-43/h1-36H. The number of benzene rings is 10. The Hall–Kier alpha value is -8.34. The highest BCUT2D eigenvalue weighted by Gasteiger charge is 2.21. The molecule has 0 saturated carbocycles. The molecule has 10 aromatic carbocycles. The van der Waals surface area contributed by atoms with E-state index < -0.39 is 0 Å². The van der Waals surface area contributed by atoms with Crippen LogP contribution in [-0.4, -0.2) is 4.57 Å². The van der Waals surface area contributed by atoms with E-state index in [1.807, 2.05) is 24.3 Å². The molecule has 3 aromatic heterocycles. The summed E-state index contributed by atoms with van der Waals surface area (Å²) in [6.07, 6.45) is 0. The van der Waals surface area contributed by atoms with Crippen molar-refractivity contribution in [2.45, 2.75) is 0 Å². The van der Waals surface area contributed by atoms with E-state index in [4.69, 9.17) is 8.83 Å². The second-order valence-corrected chi connectivity index (χ2v) is 16.1. The number of nitrogens with zero attached hydrogens (tertiary/aromatic N) is 2. The summed E-state index contributed by atoms with van der Waals surface area (Å²) >= 11 is 0. The smallest absolute Gasteiger partial charge is 0.137 e. The SMILES string of the molecule is c1ccc(-c2ccc(-n3c4ccccc4c4ccc5ccccc5c43)c(-c3ccc(N(c4ccc5c(c4)oc4ccccc45)c4ccc5oc6ccccc6c5c4)cc3)c2)cc1. The zero-order valence-electron chi connectivity index (χ0n) is 33.5. The summed E-state index contributed by atoms with van der Waals surface area (Å²) in [6, 6.07) is 78.2. The fourth-order valence-electron chi connectivity index (χ4n) is 9.70. The van der Waals surface area contributed by atoms with Gasteiger partial charge in [-0.05, 0) is 94.9 Å². The van der Waals surface area contributed by atoms with Gasteiger partial charge in [0.05, 0.1) is 16.7 Å². The van der Waals surface area contributed by atoms with Gasteiger partial charge in [0.1, 0.15) is 22.3 Å². The fraction of sp³-hybridized carbons (Fsp3) is 0. The Labute approximate surface area is 356 Å². The van der Waals surface area contributed by atoms with E-state index in [-0.39, 0.29) is 0 Å². The van der Waals surface area contributed by atoms with Crippen molar-refractivity contribution in [2.75, 3.05) is 4.90 Å². The summed E-state index contributed by atoms with van der Waals surface area (Å²) in [5.74, 6) is 0. The second kappa shape index (κ2) is 13.6. The lowest BCUT2D eigenvalue weighted by molar-refractivity contribution is 0.668. The highest BCUT2D eigenvalue weighted by atomic mass is 16.3. The molecular weight excluding hydrogens is 757 g/mol. The Morgan fingerprint density at radius 2 is 0.903 bits per heavy atom. The molecule has 0 radical (unpaired) electrons. The van der Waals surface area contributed by atoms with Crippen LogP contribution in [0.1, 0.15) is 0 Å². The van der Waals surface area contributed by atoms with Gasteiger partial charge in [0.2, 0.25) is 0 Å². The zero-order chi connectivity index (χ0) is 40.7. The lowest BCUT2D eigenvalue weighted by atomic mass is 9.96. The number of anilines is 3. The van der Waals surface area contributed by atoms with Gasteiger partial charge in [-0.25, -0.2) is 0 Å². The van der Waals surface area contributed by atoms with Crippen LogP contribution in [0.25, 0.3) is 104 Å². The van der Waals surface area contributed by atoms with Gasteiger partial charge in [0.25, 0.3) is 0 Å². The molecule has 0 bridgehead atoms. The summed E-state index contributed by atoms with van der Waals surface area (Å²) < 4.78 is 15.2. The van der Waals surface area contributed by atoms with Crippen LogP contribution in [0, 0.1) is 0 Å². The Kier molecular flexibility index (Phi) is 7.57. The molecule has 0 amide bonds. The lowest BCUT2D eigenvalue weighted by Gasteiger charge is -2.26. The fourth-order valence-corrected chi connectivity index (χ4v) is 9.70. The van der Waals surface area contributed by atoms with Gasteiger partial charge in [-0.2, -0.15) is 0 Å². The molecule has 290 valence electrons. The van der Waals surface area contributed by atoms with Crippen LogP contribution in [0.2, 0.25) is 0 Å². The van der Waals surface area contributed by atoms with E-state index in [1.165, 1.54) is 43.7 Å². The van der Waals surface area contributed by atoms with Gasteiger partial charge in [-0.15, -0.1) is 0 Å². The molecule has 3 heterocycles. The van der Waals surface area contributed by atoms with Crippen molar-refractivity contribution < 1.29 is 8.83 Å². The van der Waals surface area contributed by atoms with Gasteiger partial charge in [-0.3, -0.25) is 0 Å². The highest BCUT2D eigenvalue weighted by molar-refractivity contribution is 6.19. The summed E-state index contributed by atoms with van der Waals surface area (Å²) in [7, 11) is 0. The minimum Gasteiger partial charge on any atom is -0.456 e. The normalized spacial score (nSPS) is 11.9. The first-order chi connectivity index (χ1) is 30.7. The van der Waals surface area contributed by atoms with E-state index in [9.17, 15) is 0 Å². The molecular formula is C58H36N2O2. The van der Waals surface area contributed by atoms with Crippen molar-refractivity contribution in [1.29, 1.82) is 0 Å². The summed E-state index contributed by atoms with van der Waals surface area (Å²) in [5.41, 5.74) is 14.7. The third-order valence-electron chi connectivity index (χ3n) is 12.6. The minimum absolute atomic E-state index is 0.848. The average Bonchev–Trinajstić information content (AvgIpc) is 4.01. The van der Waals surface area contributed by atoms with E-state index in [0.717, 1.165) is 77.8 Å². The number of para-hydroxylation sites is 3. The van der Waals surface area contributed by atoms with E-state index >= 15 is 0 Å². The molecule has 0 unspecified atom stereocenters. The average molecular weight is 793 g/mol. The largest absolute Gasteiger partial charge is 0.456 e. The monoisotopic (exact) mass is 792 g/mol. The molecule has 0 N–H and O–H groups in total. The van der Waals surface area contributed by atoms with Crippen LogP contribution in [-0.2, 0) is 0 Å². The van der Waals surface area contributed by atoms with Gasteiger partial charge in [0.15, 0.2) is 0 Å². The van der Waals surface area contributed by atoms with Gasteiger partial charge < -0.3 is 18.3 Å². The molecule has 0 aliphatic rings. The van der Waals surface area contributed by atoms with Gasteiger partial charge in [-0.1, -0.05) is 140 Å². The quantitative estimate of drug-likeness (QED) is 0.168. The second-order valence-electron chi connectivity index (χ2n) is 16.1. The molecule has 0 atom stereocenters. The molecule has 4 nitrogen and oxygen atoms in total. The Balaban J connectivity index is 1.02. The summed E-state index contributed by atoms with van der Waals surface area (Å²) in [5, 5.41) is 9.31. The first-order valence-electron chi connectivity index (χ1n) is 21.1. The molecule has 0 fully saturated rings. The highest BCUT2D eigenvalue weighted by Crippen LogP contribution is 2.44. The molecule has 0 saturated heterocycles. The molecule has 0 aliphatic heterocycles. The molecule has 0 spiro atoms. The Morgan fingerprint density at radius 1 is 0.323 bits per heavy atom. The predicted octanol–water partition coefficient (Wildman–Crippen LogP) is 16.5. The van der Waals surface area contributed by atoms with Crippen LogP contribution in [0.3, 0.4) is 0 Å². The van der Waals surface area contributed by atoms with E-state index in [0.29, 0.717) is 0 Å². The van der Waals surface area contributed by atoms with Crippen LogP contribution in [0.5, 0.6) is 0 Å². The number of furan rings is 2. The van der Waals surface area contributed by atoms with Gasteiger partial charge >= 0.3 is 0 Å². The van der Waals surface area contributed by atoms with Crippen molar-refractivity contribution in [3.8, 4) is 27.9 Å². The first kappa shape index (κ1) is 34.5. The molecule has 13 aromatic rings. The summed E-state index contributed by atoms with van der Waals surface area (Å²) in [6.45, 7) is 0. The van der Waals surface area contributed by atoms with Crippen molar-refractivity contribution in [3.63, 3.8) is 0 Å². The predicted molar refractivity (Wildman–Crippen MR) is 258 cm³/mol. The van der Waals surface area contributed by atoms with E-state index in [1.54, 1.807) is 0 Å². The number of fused-ring (bicyclic) bond motifs is 11. The number of aromatic nitrogens is 1. The third kappa shape index (κ3) is 5.33. The molecule has 0 aliphatic carbocycles. The van der Waals surface area contributed by atoms with Crippen LogP contribution in [0.15, 0.2) is 227 Å².